The summed E-state index contributed by atoms with van der Waals surface area (Å²) < 4.78 is 0. The fourth-order valence-electron chi connectivity index (χ4n) is 7.08. The first-order chi connectivity index (χ1) is 23.3. The normalized spacial score (nSPS) is 12.9. The van der Waals surface area contributed by atoms with Gasteiger partial charge in [0, 0.05) is 12.7 Å². The molecule has 226 valence electrons. The van der Waals surface area contributed by atoms with E-state index in [1.165, 1.54) is 66.1 Å². The van der Waals surface area contributed by atoms with E-state index in [1.54, 1.807) is 0 Å². The average molecular weight is 605 g/mol. The van der Waals surface area contributed by atoms with Crippen LogP contribution in [0.25, 0.3) is 66.1 Å². The summed E-state index contributed by atoms with van der Waals surface area (Å²) in [5.74, 6) is 0. The molecule has 0 unspecified atom stereocenters. The first-order valence-corrected chi connectivity index (χ1v) is 16.4. The topological polar surface area (TPSA) is 24.1 Å². The average Bonchev–Trinajstić information content (AvgIpc) is 3.15. The molecular formula is C45H36N2. The van der Waals surface area contributed by atoms with Crippen molar-refractivity contribution in [1.82, 2.24) is 5.32 Å². The van der Waals surface area contributed by atoms with E-state index < -0.39 is 0 Å². The summed E-state index contributed by atoms with van der Waals surface area (Å²) in [6.45, 7) is 0. The summed E-state index contributed by atoms with van der Waals surface area (Å²) in [6, 6.07) is 55.1. The smallest absolute Gasteiger partial charge is 0.0576 e. The van der Waals surface area contributed by atoms with Gasteiger partial charge in [0.1, 0.15) is 0 Å². The highest BCUT2D eigenvalue weighted by atomic mass is 15.0. The molecule has 0 saturated carbocycles. The molecule has 0 aromatic heterocycles. The van der Waals surface area contributed by atoms with Crippen molar-refractivity contribution in [2.24, 2.45) is 0 Å². The molecule has 0 bridgehead atoms. The Hall–Kier alpha value is -5.86. The number of rotatable bonds is 7. The minimum absolute atomic E-state index is 1.05. The fraction of sp³-hybridized carbons (Fsp3) is 0.0667. The maximum absolute atomic E-state index is 3.63. The van der Waals surface area contributed by atoms with Gasteiger partial charge in [-0.2, -0.15) is 0 Å². The van der Waals surface area contributed by atoms with Gasteiger partial charge in [-0.1, -0.05) is 146 Å². The maximum Gasteiger partial charge on any atom is 0.0576 e. The first kappa shape index (κ1) is 28.6. The number of fused-ring (bicyclic) bond motifs is 2. The van der Waals surface area contributed by atoms with Crippen LogP contribution in [-0.4, -0.2) is 7.05 Å². The van der Waals surface area contributed by atoms with Gasteiger partial charge in [0.2, 0.25) is 0 Å². The van der Waals surface area contributed by atoms with Crippen LogP contribution in [0.5, 0.6) is 0 Å². The maximum atomic E-state index is 3.63. The van der Waals surface area contributed by atoms with Crippen LogP contribution in [-0.2, 0) is 0 Å². The van der Waals surface area contributed by atoms with Gasteiger partial charge in [-0.15, -0.1) is 0 Å². The lowest BCUT2D eigenvalue weighted by atomic mass is 9.84. The monoisotopic (exact) mass is 604 g/mol. The lowest BCUT2D eigenvalue weighted by molar-refractivity contribution is 0.911. The van der Waals surface area contributed by atoms with Gasteiger partial charge in [-0.3, -0.25) is 0 Å². The van der Waals surface area contributed by atoms with Gasteiger partial charge in [-0.05, 0) is 97.1 Å². The first-order valence-electron chi connectivity index (χ1n) is 16.4. The van der Waals surface area contributed by atoms with Crippen molar-refractivity contribution in [3.63, 3.8) is 0 Å². The molecule has 0 heterocycles. The molecule has 8 rings (SSSR count). The van der Waals surface area contributed by atoms with Gasteiger partial charge in [0.05, 0.1) is 11.4 Å². The second-order valence-electron chi connectivity index (χ2n) is 12.1. The molecule has 2 heteroatoms. The summed E-state index contributed by atoms with van der Waals surface area (Å²) in [5.41, 5.74) is 13.2. The minimum atomic E-state index is 1.05. The van der Waals surface area contributed by atoms with E-state index in [9.17, 15) is 0 Å². The Morgan fingerprint density at radius 1 is 0.404 bits per heavy atom. The van der Waals surface area contributed by atoms with Gasteiger partial charge >= 0.3 is 0 Å². The Balaban J connectivity index is 1.29. The molecular weight excluding hydrogens is 569 g/mol. The molecule has 2 nitrogen and oxygen atoms in total. The third-order valence-corrected chi connectivity index (χ3v) is 9.28. The summed E-state index contributed by atoms with van der Waals surface area (Å²) in [7, 11) is 1.98. The molecule has 0 amide bonds. The van der Waals surface area contributed by atoms with Gasteiger partial charge in [-0.25, -0.2) is 0 Å². The van der Waals surface area contributed by atoms with E-state index in [1.807, 2.05) is 7.05 Å². The van der Waals surface area contributed by atoms with E-state index >= 15 is 0 Å². The largest absolute Gasteiger partial charge is 0.387 e. The van der Waals surface area contributed by atoms with Crippen LogP contribution in [0.2, 0.25) is 0 Å². The molecule has 7 aromatic rings. The number of hydrogen-bond acceptors (Lipinski definition) is 2. The highest BCUT2D eigenvalue weighted by Crippen LogP contribution is 2.45. The predicted octanol–water partition coefficient (Wildman–Crippen LogP) is 11.9. The van der Waals surface area contributed by atoms with Crippen LogP contribution in [0, 0.1) is 0 Å². The molecule has 7 aromatic carbocycles. The molecule has 1 aliphatic rings. The minimum Gasteiger partial charge on any atom is -0.387 e. The van der Waals surface area contributed by atoms with E-state index in [4.69, 9.17) is 0 Å². The number of anilines is 1. The number of hydrogen-bond donors (Lipinski definition) is 2. The number of allylic oxidation sites excluding steroid dienone is 2. The van der Waals surface area contributed by atoms with Crippen molar-refractivity contribution in [3.8, 4) is 44.5 Å². The molecule has 2 N–H and O–H groups in total. The highest BCUT2D eigenvalue weighted by molar-refractivity contribution is 6.21. The summed E-state index contributed by atoms with van der Waals surface area (Å²) in [5, 5.41) is 12.0. The Kier molecular flexibility index (Phi) is 7.61. The van der Waals surface area contributed by atoms with Crippen LogP contribution in [0.1, 0.15) is 12.8 Å². The summed E-state index contributed by atoms with van der Waals surface area (Å²) in [4.78, 5) is 0. The highest BCUT2D eigenvalue weighted by Gasteiger charge is 2.18. The number of benzene rings is 7. The lowest BCUT2D eigenvalue weighted by Gasteiger charge is -2.20. The molecule has 0 spiro atoms. The van der Waals surface area contributed by atoms with Crippen LogP contribution in [0.3, 0.4) is 0 Å². The molecule has 0 atom stereocenters. The third-order valence-electron chi connectivity index (χ3n) is 9.28. The molecule has 0 fully saturated rings. The molecule has 0 aliphatic heterocycles. The lowest BCUT2D eigenvalue weighted by Crippen LogP contribution is -2.16. The molecule has 1 aliphatic carbocycles. The van der Waals surface area contributed by atoms with Crippen molar-refractivity contribution >= 4 is 27.2 Å². The Labute approximate surface area is 276 Å². The zero-order chi connectivity index (χ0) is 31.6. The second-order valence-corrected chi connectivity index (χ2v) is 12.1. The third kappa shape index (κ3) is 5.38. The predicted molar refractivity (Wildman–Crippen MR) is 201 cm³/mol. The molecule has 0 saturated heterocycles. The Morgan fingerprint density at radius 2 is 0.872 bits per heavy atom. The Bertz CT molecular complexity index is 2220. The van der Waals surface area contributed by atoms with E-state index in [0.717, 1.165) is 29.9 Å². The number of likely N-dealkylation sites (N-methyl/N-ethyl adjacent to an activating group) is 1. The van der Waals surface area contributed by atoms with Crippen molar-refractivity contribution in [2.45, 2.75) is 12.8 Å². The van der Waals surface area contributed by atoms with E-state index in [2.05, 4.69) is 174 Å². The standard InChI is InChI=1S/C45H36N2/c1-46-42-22-12-13-23-43(42)47-35-27-24-33(25-28-35)44-37-18-8-10-20-39(37)45(40-21-11-9-19-38(40)44)34-26-29-36(31-14-4-2-5-15-31)41(30-34)32-16-6-3-7-17-32/h2-11,14-30,46-47H,12-13H2,1H3. The second kappa shape index (κ2) is 12.5. The molecule has 0 radical (unpaired) electrons. The van der Waals surface area contributed by atoms with Crippen LogP contribution < -0.4 is 10.6 Å². The zero-order valence-corrected chi connectivity index (χ0v) is 26.5. The van der Waals surface area contributed by atoms with Crippen LogP contribution >= 0.6 is 0 Å². The van der Waals surface area contributed by atoms with E-state index in [0.29, 0.717) is 0 Å². The zero-order valence-electron chi connectivity index (χ0n) is 26.5. The van der Waals surface area contributed by atoms with Crippen molar-refractivity contribution in [3.05, 3.63) is 175 Å². The summed E-state index contributed by atoms with van der Waals surface area (Å²) in [6.07, 6.45) is 6.66. The van der Waals surface area contributed by atoms with Gasteiger partial charge < -0.3 is 10.6 Å². The van der Waals surface area contributed by atoms with Gasteiger partial charge in [0.15, 0.2) is 0 Å². The van der Waals surface area contributed by atoms with Crippen molar-refractivity contribution in [1.29, 1.82) is 0 Å². The van der Waals surface area contributed by atoms with Crippen LogP contribution in [0.15, 0.2) is 175 Å². The summed E-state index contributed by atoms with van der Waals surface area (Å²) >= 11 is 0. The quantitative estimate of drug-likeness (QED) is 0.177. The van der Waals surface area contributed by atoms with Crippen molar-refractivity contribution < 1.29 is 0 Å². The van der Waals surface area contributed by atoms with Gasteiger partial charge in [0.25, 0.3) is 0 Å². The van der Waals surface area contributed by atoms with Crippen molar-refractivity contribution in [2.75, 3.05) is 12.4 Å². The molecule has 47 heavy (non-hydrogen) atoms. The number of nitrogens with one attached hydrogen (secondary N) is 2. The van der Waals surface area contributed by atoms with E-state index in [-0.39, 0.29) is 0 Å². The fourth-order valence-corrected chi connectivity index (χ4v) is 7.08. The Morgan fingerprint density at radius 3 is 1.43 bits per heavy atom. The van der Waals surface area contributed by atoms with Crippen LogP contribution in [0.4, 0.5) is 5.69 Å². The SMILES string of the molecule is CNC1=CCCC=C1Nc1ccc(-c2c3ccccc3c(-c3ccc(-c4ccccc4)c(-c4ccccc4)c3)c3ccccc23)cc1.